The first kappa shape index (κ1) is 12.3. The topological polar surface area (TPSA) is 50.1 Å². The van der Waals surface area contributed by atoms with Crippen molar-refractivity contribution in [3.63, 3.8) is 0 Å². The first-order valence-corrected chi connectivity index (χ1v) is 5.32. The lowest BCUT2D eigenvalue weighted by molar-refractivity contribution is 0.0525. The molecule has 0 heterocycles. The van der Waals surface area contributed by atoms with Crippen molar-refractivity contribution in [3.05, 3.63) is 34.9 Å². The highest BCUT2D eigenvalue weighted by molar-refractivity contribution is 5.91. The highest BCUT2D eigenvalue weighted by Crippen LogP contribution is 2.15. The molecule has 0 amide bonds. The molecule has 0 aliphatic rings. The molecule has 0 aromatic heterocycles. The summed E-state index contributed by atoms with van der Waals surface area (Å²) in [6.07, 6.45) is 1.00. The summed E-state index contributed by atoms with van der Waals surface area (Å²) >= 11 is 0. The van der Waals surface area contributed by atoms with Crippen molar-refractivity contribution < 1.29 is 9.53 Å². The van der Waals surface area contributed by atoms with Crippen LogP contribution in [0.3, 0.4) is 0 Å². The average molecular weight is 217 g/mol. The van der Waals surface area contributed by atoms with Gasteiger partial charge in [-0.25, -0.2) is 4.79 Å². The van der Waals surface area contributed by atoms with Gasteiger partial charge in [0.25, 0.3) is 0 Å². The largest absolute Gasteiger partial charge is 0.462 e. The number of carbonyl (C=O) groups excluding carboxylic acids is 1. The molecule has 0 atom stereocenters. The van der Waals surface area contributed by atoms with Crippen LogP contribution in [0.5, 0.6) is 0 Å². The van der Waals surface area contributed by atoms with E-state index in [4.69, 9.17) is 10.00 Å². The van der Waals surface area contributed by atoms with Crippen molar-refractivity contribution in [1.82, 2.24) is 0 Å². The SMILES string of the molecule is CCOC(=O)c1cc(C)ccc1CCC#N. The molecule has 0 bridgehead atoms. The Morgan fingerprint density at radius 2 is 2.25 bits per heavy atom. The third-order valence-electron chi connectivity index (χ3n) is 2.27. The Hall–Kier alpha value is -1.82. The number of carbonyl (C=O) groups is 1. The maximum Gasteiger partial charge on any atom is 0.338 e. The van der Waals surface area contributed by atoms with E-state index in [-0.39, 0.29) is 5.97 Å². The highest BCUT2D eigenvalue weighted by Gasteiger charge is 2.12. The Balaban J connectivity index is 2.98. The van der Waals surface area contributed by atoms with Crippen molar-refractivity contribution in [2.75, 3.05) is 6.61 Å². The number of nitrogens with zero attached hydrogens (tertiary/aromatic N) is 1. The van der Waals surface area contributed by atoms with Crippen molar-refractivity contribution in [2.24, 2.45) is 0 Å². The Morgan fingerprint density at radius 1 is 1.50 bits per heavy atom. The smallest absolute Gasteiger partial charge is 0.338 e. The van der Waals surface area contributed by atoms with Gasteiger partial charge in [0.1, 0.15) is 0 Å². The van der Waals surface area contributed by atoms with E-state index < -0.39 is 0 Å². The number of rotatable bonds is 4. The molecule has 0 aliphatic heterocycles. The van der Waals surface area contributed by atoms with Crippen LogP contribution in [0.25, 0.3) is 0 Å². The van der Waals surface area contributed by atoms with Gasteiger partial charge in [0.2, 0.25) is 0 Å². The molecule has 0 fully saturated rings. The summed E-state index contributed by atoms with van der Waals surface area (Å²) in [6, 6.07) is 7.71. The van der Waals surface area contributed by atoms with E-state index in [1.165, 1.54) is 0 Å². The molecule has 3 nitrogen and oxygen atoms in total. The van der Waals surface area contributed by atoms with Crippen LogP contribution >= 0.6 is 0 Å². The first-order valence-electron chi connectivity index (χ1n) is 5.32. The summed E-state index contributed by atoms with van der Waals surface area (Å²) in [6.45, 7) is 4.07. The van der Waals surface area contributed by atoms with E-state index in [0.717, 1.165) is 11.1 Å². The molecule has 1 aromatic carbocycles. The van der Waals surface area contributed by atoms with E-state index in [0.29, 0.717) is 25.0 Å². The average Bonchev–Trinajstić information content (AvgIpc) is 2.27. The second-order valence-electron chi connectivity index (χ2n) is 3.54. The molecular weight excluding hydrogens is 202 g/mol. The molecule has 1 rings (SSSR count). The summed E-state index contributed by atoms with van der Waals surface area (Å²) < 4.78 is 4.98. The maximum absolute atomic E-state index is 11.7. The van der Waals surface area contributed by atoms with Crippen LogP contribution in [-0.2, 0) is 11.2 Å². The summed E-state index contributed by atoms with van der Waals surface area (Å²) in [7, 11) is 0. The fourth-order valence-electron chi connectivity index (χ4n) is 1.50. The molecule has 0 saturated carbocycles. The number of ether oxygens (including phenoxy) is 1. The van der Waals surface area contributed by atoms with Gasteiger partial charge >= 0.3 is 5.97 Å². The van der Waals surface area contributed by atoms with Gasteiger partial charge in [0.15, 0.2) is 0 Å². The van der Waals surface area contributed by atoms with E-state index in [2.05, 4.69) is 6.07 Å². The zero-order valence-electron chi connectivity index (χ0n) is 9.62. The van der Waals surface area contributed by atoms with Crippen LogP contribution in [0.2, 0.25) is 0 Å². The Morgan fingerprint density at radius 3 is 2.88 bits per heavy atom. The Labute approximate surface area is 95.7 Å². The van der Waals surface area contributed by atoms with Crippen molar-refractivity contribution in [2.45, 2.75) is 26.7 Å². The van der Waals surface area contributed by atoms with Gasteiger partial charge < -0.3 is 4.74 Å². The van der Waals surface area contributed by atoms with Gasteiger partial charge in [-0.1, -0.05) is 17.7 Å². The number of benzene rings is 1. The Bertz CT molecular complexity index is 418. The number of esters is 1. The molecule has 1 aromatic rings. The molecular formula is C13H15NO2. The lowest BCUT2D eigenvalue weighted by atomic mass is 10.0. The fourth-order valence-corrected chi connectivity index (χ4v) is 1.50. The van der Waals surface area contributed by atoms with Crippen LogP contribution in [0.4, 0.5) is 0 Å². The summed E-state index contributed by atoms with van der Waals surface area (Å²) in [5.41, 5.74) is 2.48. The van der Waals surface area contributed by atoms with E-state index in [1.807, 2.05) is 25.1 Å². The van der Waals surface area contributed by atoms with Crippen molar-refractivity contribution in [1.29, 1.82) is 5.26 Å². The minimum Gasteiger partial charge on any atom is -0.462 e. The third kappa shape index (κ3) is 3.09. The van der Waals surface area contributed by atoms with Gasteiger partial charge in [0, 0.05) is 6.42 Å². The summed E-state index contributed by atoms with van der Waals surface area (Å²) in [5, 5.41) is 8.55. The molecule has 0 saturated heterocycles. The zero-order chi connectivity index (χ0) is 12.0. The standard InChI is InChI=1S/C13H15NO2/c1-3-16-13(15)12-9-10(2)6-7-11(12)5-4-8-14/h6-7,9H,3-5H2,1-2H3. The van der Waals surface area contributed by atoms with Crippen LogP contribution < -0.4 is 0 Å². The highest BCUT2D eigenvalue weighted by atomic mass is 16.5. The maximum atomic E-state index is 11.7. The number of hydrogen-bond donors (Lipinski definition) is 0. The molecule has 0 spiro atoms. The van der Waals surface area contributed by atoms with Crippen LogP contribution in [0.15, 0.2) is 18.2 Å². The van der Waals surface area contributed by atoms with Crippen molar-refractivity contribution >= 4 is 5.97 Å². The van der Waals surface area contributed by atoms with Gasteiger partial charge in [-0.3, -0.25) is 0 Å². The fraction of sp³-hybridized carbons (Fsp3) is 0.385. The quantitative estimate of drug-likeness (QED) is 0.728. The van der Waals surface area contributed by atoms with Gasteiger partial charge in [-0.2, -0.15) is 5.26 Å². The van der Waals surface area contributed by atoms with E-state index >= 15 is 0 Å². The lowest BCUT2D eigenvalue weighted by Crippen LogP contribution is -2.08. The molecule has 0 unspecified atom stereocenters. The first-order chi connectivity index (χ1) is 7.69. The van der Waals surface area contributed by atoms with Crippen LogP contribution in [0.1, 0.15) is 34.8 Å². The van der Waals surface area contributed by atoms with E-state index in [1.54, 1.807) is 6.92 Å². The molecule has 0 N–H and O–H groups in total. The minimum absolute atomic E-state index is 0.306. The normalized spacial score (nSPS) is 9.56. The van der Waals surface area contributed by atoms with Crippen LogP contribution in [-0.4, -0.2) is 12.6 Å². The molecule has 0 aliphatic carbocycles. The predicted molar refractivity (Wildman–Crippen MR) is 61.1 cm³/mol. The number of hydrogen-bond acceptors (Lipinski definition) is 3. The second-order valence-corrected chi connectivity index (χ2v) is 3.54. The van der Waals surface area contributed by atoms with Gasteiger partial charge in [0.05, 0.1) is 18.2 Å². The monoisotopic (exact) mass is 217 g/mol. The minimum atomic E-state index is -0.306. The molecule has 84 valence electrons. The number of nitriles is 1. The molecule has 0 radical (unpaired) electrons. The predicted octanol–water partition coefficient (Wildman–Crippen LogP) is 2.63. The second kappa shape index (κ2) is 5.92. The third-order valence-corrected chi connectivity index (χ3v) is 2.27. The summed E-state index contributed by atoms with van der Waals surface area (Å²) in [5.74, 6) is -0.306. The van der Waals surface area contributed by atoms with Crippen molar-refractivity contribution in [3.8, 4) is 6.07 Å². The molecule has 3 heteroatoms. The van der Waals surface area contributed by atoms with Gasteiger partial charge in [-0.05, 0) is 31.9 Å². The number of aryl methyl sites for hydroxylation is 2. The van der Waals surface area contributed by atoms with E-state index in [9.17, 15) is 4.79 Å². The van der Waals surface area contributed by atoms with Gasteiger partial charge in [-0.15, -0.1) is 0 Å². The lowest BCUT2D eigenvalue weighted by Gasteiger charge is -2.08. The summed E-state index contributed by atoms with van der Waals surface area (Å²) in [4.78, 5) is 11.7. The zero-order valence-corrected chi connectivity index (χ0v) is 9.62. The Kier molecular flexibility index (Phi) is 4.53. The van der Waals surface area contributed by atoms with Crippen LogP contribution in [0, 0.1) is 18.3 Å². The molecule has 16 heavy (non-hydrogen) atoms.